The molecule has 1 rings (SSSR count). The Bertz CT molecular complexity index is 278. The second-order valence-electron chi connectivity index (χ2n) is 4.52. The lowest BCUT2D eigenvalue weighted by Crippen LogP contribution is -1.99. The van der Waals surface area contributed by atoms with Gasteiger partial charge < -0.3 is 0 Å². The number of aryl methyl sites for hydroxylation is 3. The van der Waals surface area contributed by atoms with E-state index in [2.05, 4.69) is 32.9 Å². The number of pyridine rings is 1. The van der Waals surface area contributed by atoms with E-state index >= 15 is 0 Å². The first kappa shape index (κ1) is 13.2. The average molecular weight is 219 g/mol. The van der Waals surface area contributed by atoms with Crippen molar-refractivity contribution in [2.75, 3.05) is 0 Å². The molecule has 1 aromatic heterocycles. The summed E-state index contributed by atoms with van der Waals surface area (Å²) in [6, 6.07) is 4.57. The van der Waals surface area contributed by atoms with Gasteiger partial charge in [0.25, 0.3) is 0 Å². The van der Waals surface area contributed by atoms with Crippen molar-refractivity contribution in [2.45, 2.75) is 65.7 Å². The summed E-state index contributed by atoms with van der Waals surface area (Å²) < 4.78 is 0. The Hall–Kier alpha value is -0.850. The van der Waals surface area contributed by atoms with Crippen molar-refractivity contribution in [3.05, 3.63) is 29.1 Å². The van der Waals surface area contributed by atoms with Crippen LogP contribution in [0.5, 0.6) is 0 Å². The van der Waals surface area contributed by atoms with Gasteiger partial charge in [0, 0.05) is 11.4 Å². The zero-order valence-corrected chi connectivity index (χ0v) is 11.1. The Kier molecular flexibility index (Phi) is 6.14. The SMILES string of the molecule is CCCCc1cc(CC)cc(CCCC)n1. The van der Waals surface area contributed by atoms with E-state index in [0.29, 0.717) is 0 Å². The van der Waals surface area contributed by atoms with Crippen molar-refractivity contribution in [2.24, 2.45) is 0 Å². The van der Waals surface area contributed by atoms with E-state index in [1.165, 1.54) is 42.6 Å². The lowest BCUT2D eigenvalue weighted by molar-refractivity contribution is 0.742. The van der Waals surface area contributed by atoms with Gasteiger partial charge in [0.2, 0.25) is 0 Å². The van der Waals surface area contributed by atoms with Gasteiger partial charge in [-0.1, -0.05) is 33.6 Å². The summed E-state index contributed by atoms with van der Waals surface area (Å²) in [5.41, 5.74) is 4.05. The van der Waals surface area contributed by atoms with Crippen LogP contribution in [-0.2, 0) is 19.3 Å². The molecule has 1 aromatic rings. The van der Waals surface area contributed by atoms with Crippen LogP contribution in [0.2, 0.25) is 0 Å². The standard InChI is InChI=1S/C15H25N/c1-4-7-9-14-11-13(6-3)12-15(16-14)10-8-5-2/h11-12H,4-10H2,1-3H3. The van der Waals surface area contributed by atoms with Crippen LogP contribution >= 0.6 is 0 Å². The highest BCUT2D eigenvalue weighted by Gasteiger charge is 2.01. The topological polar surface area (TPSA) is 12.9 Å². The maximum atomic E-state index is 4.76. The van der Waals surface area contributed by atoms with Crippen LogP contribution in [-0.4, -0.2) is 4.98 Å². The number of hydrogen-bond donors (Lipinski definition) is 0. The van der Waals surface area contributed by atoms with Gasteiger partial charge in [-0.2, -0.15) is 0 Å². The monoisotopic (exact) mass is 219 g/mol. The molecular weight excluding hydrogens is 194 g/mol. The molecule has 0 amide bonds. The lowest BCUT2D eigenvalue weighted by atomic mass is 10.1. The third kappa shape index (κ3) is 4.34. The highest BCUT2D eigenvalue weighted by atomic mass is 14.7. The van der Waals surface area contributed by atoms with Crippen molar-refractivity contribution in [3.8, 4) is 0 Å². The van der Waals surface area contributed by atoms with Gasteiger partial charge in [0.15, 0.2) is 0 Å². The summed E-state index contributed by atoms with van der Waals surface area (Å²) >= 11 is 0. The van der Waals surface area contributed by atoms with Crippen LogP contribution < -0.4 is 0 Å². The minimum absolute atomic E-state index is 1.13. The van der Waals surface area contributed by atoms with Gasteiger partial charge in [-0.25, -0.2) is 0 Å². The van der Waals surface area contributed by atoms with Gasteiger partial charge in [0.05, 0.1) is 0 Å². The van der Waals surface area contributed by atoms with E-state index in [1.54, 1.807) is 0 Å². The Balaban J connectivity index is 2.74. The maximum Gasteiger partial charge on any atom is 0.0409 e. The number of aromatic nitrogens is 1. The van der Waals surface area contributed by atoms with Crippen molar-refractivity contribution in [1.82, 2.24) is 4.98 Å². The van der Waals surface area contributed by atoms with Crippen molar-refractivity contribution >= 4 is 0 Å². The Morgan fingerprint density at radius 1 is 0.875 bits per heavy atom. The van der Waals surface area contributed by atoms with E-state index in [0.717, 1.165) is 19.3 Å². The summed E-state index contributed by atoms with van der Waals surface area (Å²) in [5.74, 6) is 0. The van der Waals surface area contributed by atoms with Crippen molar-refractivity contribution in [1.29, 1.82) is 0 Å². The fourth-order valence-electron chi connectivity index (χ4n) is 1.89. The number of rotatable bonds is 7. The van der Waals surface area contributed by atoms with Gasteiger partial charge in [0.1, 0.15) is 0 Å². The average Bonchev–Trinajstić information content (AvgIpc) is 2.33. The van der Waals surface area contributed by atoms with Crippen LogP contribution in [0.3, 0.4) is 0 Å². The highest BCUT2D eigenvalue weighted by Crippen LogP contribution is 2.12. The fourth-order valence-corrected chi connectivity index (χ4v) is 1.89. The zero-order chi connectivity index (χ0) is 11.8. The molecule has 0 unspecified atom stereocenters. The Morgan fingerprint density at radius 3 is 1.75 bits per heavy atom. The van der Waals surface area contributed by atoms with Crippen molar-refractivity contribution < 1.29 is 0 Å². The minimum atomic E-state index is 1.13. The number of unbranched alkanes of at least 4 members (excludes halogenated alkanes) is 2. The van der Waals surface area contributed by atoms with E-state index in [1.807, 2.05) is 0 Å². The molecule has 16 heavy (non-hydrogen) atoms. The number of nitrogens with zero attached hydrogens (tertiary/aromatic N) is 1. The summed E-state index contributed by atoms with van der Waals surface area (Å²) in [5, 5.41) is 0. The summed E-state index contributed by atoms with van der Waals surface area (Å²) in [4.78, 5) is 4.76. The second-order valence-corrected chi connectivity index (χ2v) is 4.52. The zero-order valence-electron chi connectivity index (χ0n) is 11.1. The summed E-state index contributed by atoms with van der Waals surface area (Å²) in [6.07, 6.45) is 8.43. The van der Waals surface area contributed by atoms with Crippen LogP contribution in [0.25, 0.3) is 0 Å². The van der Waals surface area contributed by atoms with E-state index < -0.39 is 0 Å². The van der Waals surface area contributed by atoms with Gasteiger partial charge in [-0.3, -0.25) is 4.98 Å². The van der Waals surface area contributed by atoms with Crippen LogP contribution in [0.1, 0.15) is 63.4 Å². The fraction of sp³-hybridized carbons (Fsp3) is 0.667. The molecule has 0 radical (unpaired) electrons. The quantitative estimate of drug-likeness (QED) is 0.665. The third-order valence-electron chi connectivity index (χ3n) is 2.97. The summed E-state index contributed by atoms with van der Waals surface area (Å²) in [6.45, 7) is 6.70. The van der Waals surface area contributed by atoms with Crippen molar-refractivity contribution in [3.63, 3.8) is 0 Å². The van der Waals surface area contributed by atoms with Crippen LogP contribution in [0.4, 0.5) is 0 Å². The Labute approximate surface area is 100 Å². The van der Waals surface area contributed by atoms with Gasteiger partial charge >= 0.3 is 0 Å². The first-order valence-electron chi connectivity index (χ1n) is 6.78. The van der Waals surface area contributed by atoms with Crippen LogP contribution in [0, 0.1) is 0 Å². The molecule has 0 spiro atoms. The van der Waals surface area contributed by atoms with E-state index in [-0.39, 0.29) is 0 Å². The lowest BCUT2D eigenvalue weighted by Gasteiger charge is -2.07. The maximum absolute atomic E-state index is 4.76. The van der Waals surface area contributed by atoms with E-state index in [9.17, 15) is 0 Å². The molecule has 90 valence electrons. The largest absolute Gasteiger partial charge is 0.258 e. The molecule has 0 fully saturated rings. The molecule has 1 heteroatoms. The molecular formula is C15H25N. The molecule has 0 aliphatic carbocycles. The number of hydrogen-bond acceptors (Lipinski definition) is 1. The predicted octanol–water partition coefficient (Wildman–Crippen LogP) is 4.33. The van der Waals surface area contributed by atoms with Gasteiger partial charge in [-0.15, -0.1) is 0 Å². The molecule has 0 atom stereocenters. The molecule has 0 saturated heterocycles. The van der Waals surface area contributed by atoms with Gasteiger partial charge in [-0.05, 0) is 49.8 Å². The Morgan fingerprint density at radius 2 is 1.38 bits per heavy atom. The third-order valence-corrected chi connectivity index (χ3v) is 2.97. The van der Waals surface area contributed by atoms with Crippen LogP contribution in [0.15, 0.2) is 12.1 Å². The second kappa shape index (κ2) is 7.43. The summed E-state index contributed by atoms with van der Waals surface area (Å²) in [7, 11) is 0. The molecule has 1 heterocycles. The highest BCUT2D eigenvalue weighted by molar-refractivity contribution is 5.22. The molecule has 0 aliphatic heterocycles. The molecule has 0 aromatic carbocycles. The molecule has 0 saturated carbocycles. The molecule has 0 aliphatic rings. The molecule has 0 bridgehead atoms. The first-order chi connectivity index (χ1) is 7.80. The smallest absolute Gasteiger partial charge is 0.0409 e. The molecule has 0 N–H and O–H groups in total. The minimum Gasteiger partial charge on any atom is -0.258 e. The predicted molar refractivity (Wildman–Crippen MR) is 70.8 cm³/mol. The first-order valence-corrected chi connectivity index (χ1v) is 6.78. The van der Waals surface area contributed by atoms with E-state index in [4.69, 9.17) is 4.98 Å². The normalized spacial score (nSPS) is 10.7. The molecule has 1 nitrogen and oxygen atoms in total.